The molecule has 19 heavy (non-hydrogen) atoms. The van der Waals surface area contributed by atoms with Crippen LogP contribution in [0.5, 0.6) is 5.75 Å². The molecule has 0 aliphatic heterocycles. The second-order valence-corrected chi connectivity index (χ2v) is 6.98. The fraction of sp³-hybridized carbons (Fsp3) is 0.400. The van der Waals surface area contributed by atoms with Crippen molar-refractivity contribution in [3.05, 3.63) is 22.7 Å². The van der Waals surface area contributed by atoms with Crippen LogP contribution in [0.25, 0.3) is 0 Å². The fourth-order valence-corrected chi connectivity index (χ4v) is 2.24. The molecule has 0 aliphatic carbocycles. The molecule has 9 heteroatoms. The first-order valence-electron chi connectivity index (χ1n) is 5.08. The highest BCUT2D eigenvalue weighted by molar-refractivity contribution is 9.10. The normalized spacial score (nSPS) is 12.6. The third kappa shape index (κ3) is 4.90. The molecule has 0 aliphatic rings. The number of alkyl halides is 3. The summed E-state index contributed by atoms with van der Waals surface area (Å²) in [4.78, 5) is 0. The van der Waals surface area contributed by atoms with E-state index in [0.717, 1.165) is 12.1 Å². The lowest BCUT2D eigenvalue weighted by atomic mass is 10.3. The average molecular weight is 362 g/mol. The van der Waals surface area contributed by atoms with Crippen LogP contribution < -0.4 is 9.46 Å². The van der Waals surface area contributed by atoms with Crippen molar-refractivity contribution in [2.24, 2.45) is 0 Å². The van der Waals surface area contributed by atoms with Crippen LogP contribution in [0.4, 0.5) is 18.9 Å². The summed E-state index contributed by atoms with van der Waals surface area (Å²) in [5, 5.41) is -0.716. The minimum Gasteiger partial charge on any atom is -0.406 e. The Hall–Kier alpha value is -0.960. The number of rotatable bonds is 4. The molecule has 1 rings (SSSR count). The largest absolute Gasteiger partial charge is 0.573 e. The van der Waals surface area contributed by atoms with E-state index in [4.69, 9.17) is 0 Å². The Morgan fingerprint density at radius 3 is 2.37 bits per heavy atom. The highest BCUT2D eigenvalue weighted by Crippen LogP contribution is 2.31. The Morgan fingerprint density at radius 1 is 1.32 bits per heavy atom. The van der Waals surface area contributed by atoms with E-state index >= 15 is 0 Å². The van der Waals surface area contributed by atoms with Gasteiger partial charge in [0.25, 0.3) is 0 Å². The summed E-state index contributed by atoms with van der Waals surface area (Å²) >= 11 is 3.05. The minimum absolute atomic E-state index is 0.0181. The van der Waals surface area contributed by atoms with Gasteiger partial charge in [0, 0.05) is 10.5 Å². The van der Waals surface area contributed by atoms with Gasteiger partial charge in [-0.05, 0) is 41.9 Å². The SMILES string of the molecule is CC(C)S(=O)(=O)Nc1cc(OC(F)(F)F)ccc1Br. The predicted molar refractivity (Wildman–Crippen MR) is 68.5 cm³/mol. The van der Waals surface area contributed by atoms with E-state index in [-0.39, 0.29) is 5.69 Å². The summed E-state index contributed by atoms with van der Waals surface area (Å²) in [5.74, 6) is -0.503. The molecular weight excluding hydrogens is 351 g/mol. The van der Waals surface area contributed by atoms with Gasteiger partial charge in [-0.1, -0.05) is 0 Å². The smallest absolute Gasteiger partial charge is 0.406 e. The lowest BCUT2D eigenvalue weighted by molar-refractivity contribution is -0.274. The molecule has 4 nitrogen and oxygen atoms in total. The van der Waals surface area contributed by atoms with Gasteiger partial charge >= 0.3 is 6.36 Å². The van der Waals surface area contributed by atoms with Crippen LogP contribution in [0, 0.1) is 0 Å². The van der Waals surface area contributed by atoms with Crippen LogP contribution in [0.15, 0.2) is 22.7 Å². The summed E-state index contributed by atoms with van der Waals surface area (Å²) < 4.78 is 65.7. The zero-order chi connectivity index (χ0) is 14.8. The Labute approximate surface area is 117 Å². The van der Waals surface area contributed by atoms with Crippen LogP contribution in [0.1, 0.15) is 13.8 Å². The number of ether oxygens (including phenoxy) is 1. The monoisotopic (exact) mass is 361 g/mol. The zero-order valence-corrected chi connectivity index (χ0v) is 12.4. The molecule has 0 spiro atoms. The average Bonchev–Trinajstić information content (AvgIpc) is 2.20. The van der Waals surface area contributed by atoms with E-state index in [1.807, 2.05) is 0 Å². The molecule has 1 aromatic carbocycles. The van der Waals surface area contributed by atoms with Crippen LogP contribution in [0.3, 0.4) is 0 Å². The molecule has 0 atom stereocenters. The van der Waals surface area contributed by atoms with Crippen molar-refractivity contribution in [3.8, 4) is 5.75 Å². The van der Waals surface area contributed by atoms with E-state index in [1.54, 1.807) is 0 Å². The molecule has 0 unspecified atom stereocenters. The molecule has 0 saturated carbocycles. The first kappa shape index (κ1) is 16.1. The minimum atomic E-state index is -4.83. The maximum Gasteiger partial charge on any atom is 0.573 e. The Kier molecular flexibility index (Phi) is 4.72. The van der Waals surface area contributed by atoms with Gasteiger partial charge in [-0.2, -0.15) is 0 Å². The van der Waals surface area contributed by atoms with E-state index in [1.165, 1.54) is 19.9 Å². The molecule has 0 bridgehead atoms. The van der Waals surface area contributed by atoms with E-state index in [0.29, 0.717) is 4.47 Å². The van der Waals surface area contributed by atoms with Crippen LogP contribution >= 0.6 is 15.9 Å². The van der Waals surface area contributed by atoms with Gasteiger partial charge < -0.3 is 4.74 Å². The molecule has 0 fully saturated rings. The number of nitrogens with one attached hydrogen (secondary N) is 1. The molecule has 0 saturated heterocycles. The zero-order valence-electron chi connectivity index (χ0n) is 9.95. The molecule has 0 radical (unpaired) electrons. The number of hydrogen-bond acceptors (Lipinski definition) is 3. The number of benzene rings is 1. The highest BCUT2D eigenvalue weighted by Gasteiger charge is 2.31. The summed E-state index contributed by atoms with van der Waals surface area (Å²) in [5.41, 5.74) is -0.0181. The molecular formula is C10H11BrF3NO3S. The van der Waals surface area contributed by atoms with Crippen molar-refractivity contribution in [2.45, 2.75) is 25.5 Å². The molecule has 0 amide bonds. The molecule has 1 aromatic rings. The topological polar surface area (TPSA) is 55.4 Å². The Bertz CT molecular complexity index is 558. The standard InChI is InChI=1S/C10H11BrF3NO3S/c1-6(2)19(16,17)15-9-5-7(3-4-8(9)11)18-10(12,13)14/h3-6,15H,1-2H3. The number of anilines is 1. The van der Waals surface area contributed by atoms with Gasteiger partial charge in [0.05, 0.1) is 10.9 Å². The number of hydrogen-bond donors (Lipinski definition) is 1. The maximum atomic E-state index is 12.1. The number of halogens is 4. The first-order valence-corrected chi connectivity index (χ1v) is 7.42. The highest BCUT2D eigenvalue weighted by atomic mass is 79.9. The van der Waals surface area contributed by atoms with Crippen molar-refractivity contribution in [2.75, 3.05) is 4.72 Å². The molecule has 0 aromatic heterocycles. The summed E-state index contributed by atoms with van der Waals surface area (Å²) in [6.45, 7) is 2.90. The van der Waals surface area contributed by atoms with E-state index in [9.17, 15) is 21.6 Å². The summed E-state index contributed by atoms with van der Waals surface area (Å²) in [6.07, 6.45) is -4.83. The van der Waals surface area contributed by atoms with Crippen LogP contribution in [-0.4, -0.2) is 20.0 Å². The molecule has 108 valence electrons. The Morgan fingerprint density at radius 2 is 1.89 bits per heavy atom. The van der Waals surface area contributed by atoms with E-state index in [2.05, 4.69) is 25.4 Å². The van der Waals surface area contributed by atoms with Gasteiger partial charge in [0.1, 0.15) is 5.75 Å². The summed E-state index contributed by atoms with van der Waals surface area (Å²) in [6, 6.07) is 3.29. The fourth-order valence-electron chi connectivity index (χ4n) is 1.05. The first-order chi connectivity index (χ1) is 8.51. The lowest BCUT2D eigenvalue weighted by Crippen LogP contribution is -2.23. The van der Waals surface area contributed by atoms with Gasteiger partial charge in [0.2, 0.25) is 10.0 Å². The van der Waals surface area contributed by atoms with Crippen molar-refractivity contribution < 1.29 is 26.3 Å². The summed E-state index contributed by atoms with van der Waals surface area (Å²) in [7, 11) is -3.65. The number of sulfonamides is 1. The Balaban J connectivity index is 3.05. The van der Waals surface area contributed by atoms with Gasteiger partial charge in [0.15, 0.2) is 0 Å². The second-order valence-electron chi connectivity index (χ2n) is 3.89. The molecule has 0 heterocycles. The quantitative estimate of drug-likeness (QED) is 0.892. The van der Waals surface area contributed by atoms with Crippen LogP contribution in [-0.2, 0) is 10.0 Å². The van der Waals surface area contributed by atoms with Crippen molar-refractivity contribution >= 4 is 31.6 Å². The third-order valence-corrected chi connectivity index (χ3v) is 4.48. The third-order valence-electron chi connectivity index (χ3n) is 2.04. The van der Waals surface area contributed by atoms with Gasteiger partial charge in [-0.15, -0.1) is 13.2 Å². The maximum absolute atomic E-state index is 12.1. The van der Waals surface area contributed by atoms with Crippen molar-refractivity contribution in [1.29, 1.82) is 0 Å². The molecule has 1 N–H and O–H groups in total. The van der Waals surface area contributed by atoms with Gasteiger partial charge in [-0.25, -0.2) is 8.42 Å². The van der Waals surface area contributed by atoms with E-state index < -0.39 is 27.4 Å². The second kappa shape index (κ2) is 5.58. The predicted octanol–water partition coefficient (Wildman–Crippen LogP) is 3.50. The van der Waals surface area contributed by atoms with Crippen molar-refractivity contribution in [1.82, 2.24) is 0 Å². The van der Waals surface area contributed by atoms with Crippen molar-refractivity contribution in [3.63, 3.8) is 0 Å². The lowest BCUT2D eigenvalue weighted by Gasteiger charge is -2.14. The van der Waals surface area contributed by atoms with Crippen LogP contribution in [0.2, 0.25) is 0 Å². The van der Waals surface area contributed by atoms with Gasteiger partial charge in [-0.3, -0.25) is 4.72 Å².